The van der Waals surface area contributed by atoms with E-state index in [1.165, 1.54) is 7.11 Å². The topological polar surface area (TPSA) is 55.8 Å². The van der Waals surface area contributed by atoms with Gasteiger partial charge in [-0.05, 0) is 23.6 Å². The van der Waals surface area contributed by atoms with Crippen LogP contribution in [0.1, 0.15) is 32.3 Å². The molecule has 0 heterocycles. The summed E-state index contributed by atoms with van der Waals surface area (Å²) >= 11 is 0. The van der Waals surface area contributed by atoms with Gasteiger partial charge in [0, 0.05) is 19.5 Å². The summed E-state index contributed by atoms with van der Waals surface area (Å²) in [5.74, 6) is 0.800. The smallest absolute Gasteiger partial charge is 0.307 e. The summed E-state index contributed by atoms with van der Waals surface area (Å²) in [6.45, 7) is 4.85. The zero-order valence-corrected chi connectivity index (χ0v) is 13.8. The van der Waals surface area contributed by atoms with Gasteiger partial charge in [-0.15, -0.1) is 0 Å². The average Bonchev–Trinajstić information content (AvgIpc) is 2.50. The van der Waals surface area contributed by atoms with Crippen LogP contribution in [0.4, 0.5) is 0 Å². The van der Waals surface area contributed by atoms with E-state index in [1.54, 1.807) is 12.0 Å². The van der Waals surface area contributed by atoms with Crippen LogP contribution in [0, 0.1) is 5.92 Å². The van der Waals surface area contributed by atoms with E-state index in [-0.39, 0.29) is 24.2 Å². The Balaban J connectivity index is 2.74. The summed E-state index contributed by atoms with van der Waals surface area (Å²) in [5.41, 5.74) is 1.00. The van der Waals surface area contributed by atoms with Gasteiger partial charge in [-0.25, -0.2) is 0 Å². The van der Waals surface area contributed by atoms with E-state index in [2.05, 4.69) is 4.74 Å². The minimum absolute atomic E-state index is 0.0507. The van der Waals surface area contributed by atoms with Crippen molar-refractivity contribution >= 4 is 11.9 Å². The van der Waals surface area contributed by atoms with Gasteiger partial charge in [0.25, 0.3) is 0 Å². The lowest BCUT2D eigenvalue weighted by Gasteiger charge is -2.23. The molecular formula is C17H25NO4. The Kier molecular flexibility index (Phi) is 7.43. The maximum atomic E-state index is 12.3. The van der Waals surface area contributed by atoms with Crippen LogP contribution in [-0.4, -0.2) is 37.5 Å². The van der Waals surface area contributed by atoms with Crippen LogP contribution in [0.3, 0.4) is 0 Å². The summed E-state index contributed by atoms with van der Waals surface area (Å²) in [6, 6.07) is 7.57. The number of rotatable bonds is 8. The molecule has 0 unspecified atom stereocenters. The number of benzene rings is 1. The zero-order chi connectivity index (χ0) is 16.5. The molecule has 0 N–H and O–H groups in total. The molecule has 1 amide bonds. The van der Waals surface area contributed by atoms with Gasteiger partial charge in [0.1, 0.15) is 5.75 Å². The molecule has 0 aliphatic rings. The lowest BCUT2D eigenvalue weighted by Crippen LogP contribution is -2.33. The van der Waals surface area contributed by atoms with Crippen molar-refractivity contribution in [1.82, 2.24) is 4.90 Å². The molecule has 122 valence electrons. The van der Waals surface area contributed by atoms with Crippen molar-refractivity contribution in [3.05, 3.63) is 29.8 Å². The fraction of sp³-hybridized carbons (Fsp3) is 0.529. The molecule has 0 aromatic heterocycles. The molecular weight excluding hydrogens is 282 g/mol. The number of hydrogen-bond donors (Lipinski definition) is 0. The third-order valence-corrected chi connectivity index (χ3v) is 3.28. The van der Waals surface area contributed by atoms with Crippen LogP contribution in [0.2, 0.25) is 0 Å². The Hall–Kier alpha value is -2.04. The number of methoxy groups -OCH3 is 2. The molecule has 0 spiro atoms. The Bertz CT molecular complexity index is 482. The summed E-state index contributed by atoms with van der Waals surface area (Å²) in [7, 11) is 2.97. The largest absolute Gasteiger partial charge is 0.497 e. The van der Waals surface area contributed by atoms with Gasteiger partial charge in [-0.3, -0.25) is 9.59 Å². The predicted octanol–water partition coefficient (Wildman–Crippen LogP) is 2.63. The maximum absolute atomic E-state index is 12.3. The van der Waals surface area contributed by atoms with Crippen molar-refractivity contribution in [2.45, 2.75) is 33.2 Å². The van der Waals surface area contributed by atoms with E-state index in [4.69, 9.17) is 4.74 Å². The fourth-order valence-corrected chi connectivity index (χ4v) is 2.05. The minimum atomic E-state index is -0.308. The third-order valence-electron chi connectivity index (χ3n) is 3.28. The normalized spacial score (nSPS) is 10.4. The molecule has 0 bridgehead atoms. The highest BCUT2D eigenvalue weighted by Crippen LogP contribution is 2.15. The molecule has 0 fully saturated rings. The zero-order valence-electron chi connectivity index (χ0n) is 13.8. The lowest BCUT2D eigenvalue weighted by molar-refractivity contribution is -0.142. The number of carbonyl (C=O) groups excluding carboxylic acids is 2. The number of amides is 1. The number of nitrogens with zero attached hydrogens (tertiary/aromatic N) is 1. The van der Waals surface area contributed by atoms with E-state index in [1.807, 2.05) is 38.1 Å². The number of ether oxygens (including phenoxy) is 2. The fourth-order valence-electron chi connectivity index (χ4n) is 2.05. The molecule has 5 nitrogen and oxygen atoms in total. The van der Waals surface area contributed by atoms with Crippen molar-refractivity contribution in [2.24, 2.45) is 5.92 Å². The average molecular weight is 307 g/mol. The van der Waals surface area contributed by atoms with E-state index in [0.717, 1.165) is 11.3 Å². The summed E-state index contributed by atoms with van der Waals surface area (Å²) in [5, 5.41) is 0. The van der Waals surface area contributed by atoms with Gasteiger partial charge in [0.15, 0.2) is 0 Å². The van der Waals surface area contributed by atoms with Gasteiger partial charge in [0.2, 0.25) is 5.91 Å². The van der Waals surface area contributed by atoms with Crippen molar-refractivity contribution in [2.75, 3.05) is 20.8 Å². The third kappa shape index (κ3) is 6.16. The molecule has 5 heteroatoms. The summed E-state index contributed by atoms with van der Waals surface area (Å²) < 4.78 is 9.77. The number of hydrogen-bond acceptors (Lipinski definition) is 4. The second-order valence-electron chi connectivity index (χ2n) is 5.59. The second kappa shape index (κ2) is 9.07. The highest BCUT2D eigenvalue weighted by Gasteiger charge is 2.17. The Morgan fingerprint density at radius 2 is 1.77 bits per heavy atom. The van der Waals surface area contributed by atoms with Gasteiger partial charge in [-0.2, -0.15) is 0 Å². The summed E-state index contributed by atoms with van der Waals surface area (Å²) in [4.78, 5) is 25.4. The van der Waals surface area contributed by atoms with E-state index in [9.17, 15) is 9.59 Å². The van der Waals surface area contributed by atoms with Crippen molar-refractivity contribution in [3.8, 4) is 5.75 Å². The Morgan fingerprint density at radius 1 is 1.14 bits per heavy atom. The predicted molar refractivity (Wildman–Crippen MR) is 84.5 cm³/mol. The van der Waals surface area contributed by atoms with Gasteiger partial charge in [0.05, 0.1) is 20.6 Å². The molecule has 0 saturated carbocycles. The molecule has 0 saturated heterocycles. The standard InChI is InChI=1S/C17H25NO4/c1-13(2)11-16(19)18(10-9-17(20)22-4)12-14-5-7-15(21-3)8-6-14/h5-8,13H,9-12H2,1-4H3. The molecule has 0 radical (unpaired) electrons. The SMILES string of the molecule is COC(=O)CCN(Cc1ccc(OC)cc1)C(=O)CC(C)C. The molecule has 1 aromatic rings. The highest BCUT2D eigenvalue weighted by atomic mass is 16.5. The monoisotopic (exact) mass is 307 g/mol. The quantitative estimate of drug-likeness (QED) is 0.693. The van der Waals surface area contributed by atoms with Crippen LogP contribution in [0.25, 0.3) is 0 Å². The van der Waals surface area contributed by atoms with Crippen LogP contribution >= 0.6 is 0 Å². The van der Waals surface area contributed by atoms with Crippen molar-refractivity contribution in [1.29, 1.82) is 0 Å². The molecule has 1 rings (SSSR count). The molecule has 0 aliphatic heterocycles. The van der Waals surface area contributed by atoms with Gasteiger partial charge >= 0.3 is 5.97 Å². The Labute approximate surface area is 132 Å². The van der Waals surface area contributed by atoms with Crippen LogP contribution in [0.15, 0.2) is 24.3 Å². The van der Waals surface area contributed by atoms with Crippen LogP contribution in [-0.2, 0) is 20.9 Å². The molecule has 1 aromatic carbocycles. The first-order valence-corrected chi connectivity index (χ1v) is 7.43. The van der Waals surface area contributed by atoms with Crippen molar-refractivity contribution in [3.63, 3.8) is 0 Å². The number of esters is 1. The maximum Gasteiger partial charge on any atom is 0.307 e. The number of carbonyl (C=O) groups is 2. The van der Waals surface area contributed by atoms with Crippen LogP contribution in [0.5, 0.6) is 5.75 Å². The van der Waals surface area contributed by atoms with Gasteiger partial charge in [-0.1, -0.05) is 26.0 Å². The second-order valence-corrected chi connectivity index (χ2v) is 5.59. The van der Waals surface area contributed by atoms with Gasteiger partial charge < -0.3 is 14.4 Å². The molecule has 22 heavy (non-hydrogen) atoms. The van der Waals surface area contributed by atoms with E-state index < -0.39 is 0 Å². The van der Waals surface area contributed by atoms with E-state index in [0.29, 0.717) is 19.5 Å². The minimum Gasteiger partial charge on any atom is -0.497 e. The van der Waals surface area contributed by atoms with Crippen LogP contribution < -0.4 is 4.74 Å². The van der Waals surface area contributed by atoms with Crippen molar-refractivity contribution < 1.29 is 19.1 Å². The first kappa shape index (κ1) is 18.0. The lowest BCUT2D eigenvalue weighted by atomic mass is 10.1. The first-order chi connectivity index (χ1) is 10.5. The Morgan fingerprint density at radius 3 is 2.27 bits per heavy atom. The molecule has 0 aliphatic carbocycles. The van der Waals surface area contributed by atoms with E-state index >= 15 is 0 Å². The summed E-state index contributed by atoms with van der Waals surface area (Å²) in [6.07, 6.45) is 0.674. The first-order valence-electron chi connectivity index (χ1n) is 7.43. The molecule has 0 atom stereocenters. The highest BCUT2D eigenvalue weighted by molar-refractivity contribution is 5.77.